The average Bonchev–Trinajstić information content (AvgIpc) is 3.11. The molecule has 3 saturated heterocycles. The van der Waals surface area contributed by atoms with Gasteiger partial charge in [-0.2, -0.15) is 0 Å². The van der Waals surface area contributed by atoms with E-state index < -0.39 is 0 Å². The van der Waals surface area contributed by atoms with E-state index >= 15 is 0 Å². The quantitative estimate of drug-likeness (QED) is 0.810. The van der Waals surface area contributed by atoms with Gasteiger partial charge in [-0.25, -0.2) is 4.79 Å². The van der Waals surface area contributed by atoms with Crippen LogP contribution < -0.4 is 10.6 Å². The molecule has 3 aliphatic rings. The van der Waals surface area contributed by atoms with Crippen molar-refractivity contribution in [2.75, 3.05) is 19.7 Å². The Morgan fingerprint density at radius 1 is 1.24 bits per heavy atom. The normalized spacial score (nSPS) is 32.2. The minimum absolute atomic E-state index is 0.145. The zero-order valence-electron chi connectivity index (χ0n) is 12.6. The molecule has 3 fully saturated rings. The van der Waals surface area contributed by atoms with Crippen molar-refractivity contribution in [3.05, 3.63) is 0 Å². The maximum absolute atomic E-state index is 12.4. The number of amides is 2. The molecule has 118 valence electrons. The van der Waals surface area contributed by atoms with Crippen LogP contribution in [0.1, 0.15) is 39.0 Å². The Morgan fingerprint density at radius 2 is 2.00 bits per heavy atom. The van der Waals surface area contributed by atoms with E-state index in [1.807, 2.05) is 6.92 Å². The van der Waals surface area contributed by atoms with Crippen LogP contribution in [0.2, 0.25) is 0 Å². The fourth-order valence-electron chi connectivity index (χ4n) is 3.84. The van der Waals surface area contributed by atoms with Crippen molar-refractivity contribution >= 4 is 12.0 Å². The summed E-state index contributed by atoms with van der Waals surface area (Å²) in [5.74, 6) is 0.344. The number of ether oxygens (including phenoxy) is 1. The third-order valence-electron chi connectivity index (χ3n) is 5.00. The summed E-state index contributed by atoms with van der Waals surface area (Å²) < 4.78 is 5.00. The Bertz CT molecular complexity index is 407. The Kier molecular flexibility index (Phi) is 4.33. The predicted octanol–water partition coefficient (Wildman–Crippen LogP) is 0.864. The third kappa shape index (κ3) is 3.15. The molecule has 3 rings (SSSR count). The summed E-state index contributed by atoms with van der Waals surface area (Å²) in [6, 6.07) is 1.13. The third-order valence-corrected chi connectivity index (χ3v) is 5.00. The molecule has 0 saturated carbocycles. The molecule has 3 heterocycles. The van der Waals surface area contributed by atoms with E-state index in [1.165, 1.54) is 6.42 Å². The van der Waals surface area contributed by atoms with E-state index in [0.717, 1.165) is 25.7 Å². The lowest BCUT2D eigenvalue weighted by Gasteiger charge is -2.32. The number of nitrogens with one attached hydrogen (secondary N) is 2. The largest absolute Gasteiger partial charge is 0.450 e. The smallest absolute Gasteiger partial charge is 0.409 e. The van der Waals surface area contributed by atoms with Gasteiger partial charge in [0, 0.05) is 31.2 Å². The molecule has 0 aromatic carbocycles. The van der Waals surface area contributed by atoms with Crippen LogP contribution in [0.3, 0.4) is 0 Å². The van der Waals surface area contributed by atoms with Crippen LogP contribution in [0, 0.1) is 5.92 Å². The number of fused-ring (bicyclic) bond motifs is 2. The number of carbonyl (C=O) groups excluding carboxylic acids is 2. The molecule has 0 aromatic rings. The van der Waals surface area contributed by atoms with Crippen molar-refractivity contribution in [3.63, 3.8) is 0 Å². The highest BCUT2D eigenvalue weighted by Gasteiger charge is 2.43. The summed E-state index contributed by atoms with van der Waals surface area (Å²) in [4.78, 5) is 25.7. The van der Waals surface area contributed by atoms with Gasteiger partial charge in [0.2, 0.25) is 5.91 Å². The van der Waals surface area contributed by atoms with Crippen LogP contribution >= 0.6 is 0 Å². The first-order valence-corrected chi connectivity index (χ1v) is 8.15. The lowest BCUT2D eigenvalue weighted by atomic mass is 9.88. The number of nitrogens with zero attached hydrogens (tertiary/aromatic N) is 1. The number of piperidine rings is 1. The van der Waals surface area contributed by atoms with Gasteiger partial charge >= 0.3 is 6.09 Å². The van der Waals surface area contributed by atoms with Gasteiger partial charge in [0.25, 0.3) is 0 Å². The number of rotatable bonds is 3. The van der Waals surface area contributed by atoms with Crippen LogP contribution in [0.5, 0.6) is 0 Å². The van der Waals surface area contributed by atoms with E-state index in [-0.39, 0.29) is 24.0 Å². The highest BCUT2D eigenvalue weighted by molar-refractivity contribution is 5.80. The van der Waals surface area contributed by atoms with Gasteiger partial charge in [0.05, 0.1) is 12.5 Å². The molecular weight excluding hydrogens is 270 g/mol. The fourth-order valence-corrected chi connectivity index (χ4v) is 3.84. The summed E-state index contributed by atoms with van der Waals surface area (Å²) in [5.41, 5.74) is 0. The molecule has 2 N–H and O–H groups in total. The zero-order valence-corrected chi connectivity index (χ0v) is 12.6. The predicted molar refractivity (Wildman–Crippen MR) is 77.8 cm³/mol. The number of hydrogen-bond acceptors (Lipinski definition) is 4. The average molecular weight is 295 g/mol. The topological polar surface area (TPSA) is 70.7 Å². The van der Waals surface area contributed by atoms with Crippen LogP contribution in [0.4, 0.5) is 4.79 Å². The fraction of sp³-hybridized carbons (Fsp3) is 0.867. The molecular formula is C15H25N3O3. The van der Waals surface area contributed by atoms with Crippen LogP contribution in [-0.2, 0) is 9.53 Å². The maximum atomic E-state index is 12.4. The van der Waals surface area contributed by atoms with E-state index in [0.29, 0.717) is 31.8 Å². The van der Waals surface area contributed by atoms with Gasteiger partial charge in [-0.3, -0.25) is 4.79 Å². The van der Waals surface area contributed by atoms with Crippen molar-refractivity contribution in [2.45, 2.75) is 57.2 Å². The summed E-state index contributed by atoms with van der Waals surface area (Å²) in [5, 5.41) is 6.68. The molecule has 0 aliphatic carbocycles. The molecule has 6 heteroatoms. The van der Waals surface area contributed by atoms with Crippen molar-refractivity contribution in [1.29, 1.82) is 0 Å². The van der Waals surface area contributed by atoms with E-state index in [2.05, 4.69) is 10.6 Å². The van der Waals surface area contributed by atoms with Crippen molar-refractivity contribution in [1.82, 2.24) is 15.5 Å². The Labute approximate surface area is 125 Å². The highest BCUT2D eigenvalue weighted by Crippen LogP contribution is 2.33. The van der Waals surface area contributed by atoms with Gasteiger partial charge in [-0.05, 0) is 39.0 Å². The Hall–Kier alpha value is -1.30. The zero-order chi connectivity index (χ0) is 14.8. The number of carbonyl (C=O) groups is 2. The molecule has 21 heavy (non-hydrogen) atoms. The summed E-state index contributed by atoms with van der Waals surface area (Å²) >= 11 is 0. The second-order valence-electron chi connectivity index (χ2n) is 6.36. The van der Waals surface area contributed by atoms with E-state index in [4.69, 9.17) is 4.74 Å². The van der Waals surface area contributed by atoms with E-state index in [1.54, 1.807) is 4.90 Å². The molecule has 0 spiro atoms. The highest BCUT2D eigenvalue weighted by atomic mass is 16.6. The first-order valence-electron chi connectivity index (χ1n) is 8.15. The SMILES string of the molecule is CCOC(=O)N1CCC(NC(=O)C2CC3CCC2N3)CC1. The van der Waals surface area contributed by atoms with E-state index in [9.17, 15) is 9.59 Å². The molecule has 0 aromatic heterocycles. The molecule has 3 unspecified atom stereocenters. The summed E-state index contributed by atoms with van der Waals surface area (Å²) in [6.07, 6.45) is 4.73. The minimum Gasteiger partial charge on any atom is -0.450 e. The molecule has 2 amide bonds. The van der Waals surface area contributed by atoms with Gasteiger partial charge in [0.1, 0.15) is 0 Å². The first kappa shape index (κ1) is 14.6. The Balaban J connectivity index is 1.43. The van der Waals surface area contributed by atoms with Gasteiger partial charge < -0.3 is 20.3 Å². The lowest BCUT2D eigenvalue weighted by molar-refractivity contribution is -0.126. The lowest BCUT2D eigenvalue weighted by Crippen LogP contribution is -2.49. The van der Waals surface area contributed by atoms with Crippen LogP contribution in [-0.4, -0.2) is 54.7 Å². The Morgan fingerprint density at radius 3 is 2.57 bits per heavy atom. The van der Waals surface area contributed by atoms with Crippen LogP contribution in [0.15, 0.2) is 0 Å². The van der Waals surface area contributed by atoms with Gasteiger partial charge in [0.15, 0.2) is 0 Å². The summed E-state index contributed by atoms with van der Waals surface area (Å²) in [6.45, 7) is 3.55. The van der Waals surface area contributed by atoms with Crippen molar-refractivity contribution < 1.29 is 14.3 Å². The molecule has 6 nitrogen and oxygen atoms in total. The first-order chi connectivity index (χ1) is 10.2. The molecule has 2 bridgehead atoms. The number of likely N-dealkylation sites (tertiary alicyclic amines) is 1. The van der Waals surface area contributed by atoms with Gasteiger partial charge in [-0.15, -0.1) is 0 Å². The monoisotopic (exact) mass is 295 g/mol. The van der Waals surface area contributed by atoms with Gasteiger partial charge in [-0.1, -0.05) is 0 Å². The van der Waals surface area contributed by atoms with Crippen LogP contribution in [0.25, 0.3) is 0 Å². The standard InChI is InChI=1S/C15H25N3O3/c1-2-21-15(20)18-7-5-10(6-8-18)17-14(19)12-9-11-3-4-13(12)16-11/h10-13,16H,2-9H2,1H3,(H,17,19). The second-order valence-corrected chi connectivity index (χ2v) is 6.36. The molecule has 3 aliphatic heterocycles. The summed E-state index contributed by atoms with van der Waals surface area (Å²) in [7, 11) is 0. The minimum atomic E-state index is -0.237. The van der Waals surface area contributed by atoms with Crippen molar-refractivity contribution in [3.8, 4) is 0 Å². The molecule has 0 radical (unpaired) electrons. The maximum Gasteiger partial charge on any atom is 0.409 e. The second kappa shape index (κ2) is 6.22. The number of hydrogen-bond donors (Lipinski definition) is 2. The molecule has 3 atom stereocenters. The van der Waals surface area contributed by atoms with Crippen molar-refractivity contribution in [2.24, 2.45) is 5.92 Å².